The van der Waals surface area contributed by atoms with E-state index in [1.54, 1.807) is 36.4 Å². The number of hydrogen-bond acceptors (Lipinski definition) is 2. The summed E-state index contributed by atoms with van der Waals surface area (Å²) in [6.45, 7) is 0. The molecule has 1 atom stereocenters. The Morgan fingerprint density at radius 3 is 2.30 bits per heavy atom. The van der Waals surface area contributed by atoms with Gasteiger partial charge in [-0.05, 0) is 36.4 Å². The molecule has 0 fully saturated rings. The Morgan fingerprint density at radius 1 is 1.09 bits per heavy atom. The van der Waals surface area contributed by atoms with Crippen molar-refractivity contribution in [2.75, 3.05) is 12.4 Å². The summed E-state index contributed by atoms with van der Waals surface area (Å²) in [5.74, 6) is 5.22. The van der Waals surface area contributed by atoms with Crippen LogP contribution in [0.1, 0.15) is 5.56 Å². The summed E-state index contributed by atoms with van der Waals surface area (Å²) in [6, 6.07) is 10.6. The minimum Gasteiger partial charge on any atom is -0.497 e. The van der Waals surface area contributed by atoms with E-state index < -0.39 is 12.2 Å². The topological polar surface area (TPSA) is 21.3 Å². The molecule has 0 saturated carbocycles. The summed E-state index contributed by atoms with van der Waals surface area (Å²) in [6.07, 6.45) is -4.52. The van der Waals surface area contributed by atoms with Gasteiger partial charge in [-0.3, -0.25) is 0 Å². The zero-order valence-corrected chi connectivity index (χ0v) is 12.9. The molecule has 0 amide bonds. The second-order valence-corrected chi connectivity index (χ2v) is 5.00. The average Bonchev–Trinajstić information content (AvgIpc) is 2.52. The molecular formula is C17H13ClF3NO. The van der Waals surface area contributed by atoms with Gasteiger partial charge in [0, 0.05) is 11.3 Å². The number of alkyl halides is 3. The largest absolute Gasteiger partial charge is 0.497 e. The van der Waals surface area contributed by atoms with Gasteiger partial charge in [-0.1, -0.05) is 35.6 Å². The standard InChI is InChI=1S/C17H13ClF3NO/c1-23-14-9-7-13(8-10-14)22-16(17(19,20)21)11-6-12-4-2-3-5-15(12)18/h2-5,7-10,16,22H,1H3/t16-/m0/s1. The van der Waals surface area contributed by atoms with Gasteiger partial charge >= 0.3 is 6.18 Å². The number of anilines is 1. The van der Waals surface area contributed by atoms with Gasteiger partial charge < -0.3 is 10.1 Å². The molecule has 120 valence electrons. The smallest absolute Gasteiger partial charge is 0.420 e. The Labute approximate surface area is 137 Å². The van der Waals surface area contributed by atoms with E-state index in [0.717, 1.165) is 0 Å². The molecule has 6 heteroatoms. The fraction of sp³-hybridized carbons (Fsp3) is 0.176. The van der Waals surface area contributed by atoms with E-state index in [1.165, 1.54) is 19.2 Å². The van der Waals surface area contributed by atoms with Gasteiger partial charge in [0.15, 0.2) is 6.04 Å². The SMILES string of the molecule is COc1ccc(N[C@@H](C#Cc2ccccc2Cl)C(F)(F)F)cc1. The van der Waals surface area contributed by atoms with Crippen molar-refractivity contribution in [3.63, 3.8) is 0 Å². The van der Waals surface area contributed by atoms with Crippen molar-refractivity contribution in [2.24, 2.45) is 0 Å². The fourth-order valence-corrected chi connectivity index (χ4v) is 1.95. The van der Waals surface area contributed by atoms with Crippen LogP contribution in [-0.2, 0) is 0 Å². The predicted molar refractivity (Wildman–Crippen MR) is 84.8 cm³/mol. The quantitative estimate of drug-likeness (QED) is 0.815. The third kappa shape index (κ3) is 4.83. The van der Waals surface area contributed by atoms with Gasteiger partial charge in [-0.25, -0.2) is 0 Å². The number of benzene rings is 2. The maximum absolute atomic E-state index is 13.1. The molecule has 1 N–H and O–H groups in total. The summed E-state index contributed by atoms with van der Waals surface area (Å²) >= 11 is 5.90. The van der Waals surface area contributed by atoms with E-state index in [-0.39, 0.29) is 0 Å². The Morgan fingerprint density at radius 2 is 1.74 bits per heavy atom. The molecule has 0 aliphatic heterocycles. The molecule has 0 aliphatic rings. The lowest BCUT2D eigenvalue weighted by atomic mass is 10.2. The molecule has 0 heterocycles. The molecule has 23 heavy (non-hydrogen) atoms. The molecule has 0 aromatic heterocycles. The third-order valence-corrected chi connectivity index (χ3v) is 3.28. The first-order valence-electron chi connectivity index (χ1n) is 6.63. The van der Waals surface area contributed by atoms with Crippen LogP contribution in [-0.4, -0.2) is 19.3 Å². The van der Waals surface area contributed by atoms with Gasteiger partial charge in [0.1, 0.15) is 5.75 Å². The number of methoxy groups -OCH3 is 1. The predicted octanol–water partition coefficient (Wildman–Crippen LogP) is 4.74. The second-order valence-electron chi connectivity index (χ2n) is 4.60. The highest BCUT2D eigenvalue weighted by molar-refractivity contribution is 6.31. The van der Waals surface area contributed by atoms with Gasteiger partial charge in [0.2, 0.25) is 0 Å². The summed E-state index contributed by atoms with van der Waals surface area (Å²) in [5, 5.41) is 2.67. The molecule has 2 nitrogen and oxygen atoms in total. The maximum Gasteiger partial charge on any atom is 0.420 e. The van der Waals surface area contributed by atoms with Crippen molar-refractivity contribution in [3.8, 4) is 17.6 Å². The molecule has 0 aliphatic carbocycles. The van der Waals surface area contributed by atoms with Crippen molar-refractivity contribution in [1.82, 2.24) is 0 Å². The van der Waals surface area contributed by atoms with Gasteiger partial charge in [-0.15, -0.1) is 0 Å². The first-order chi connectivity index (χ1) is 10.9. The monoisotopic (exact) mass is 339 g/mol. The minimum absolute atomic E-state index is 0.293. The minimum atomic E-state index is -4.52. The summed E-state index contributed by atoms with van der Waals surface area (Å²) in [7, 11) is 1.48. The molecule has 2 aromatic carbocycles. The molecule has 0 bridgehead atoms. The lowest BCUT2D eigenvalue weighted by Crippen LogP contribution is -2.34. The molecule has 0 saturated heterocycles. The van der Waals surface area contributed by atoms with Crippen LogP contribution < -0.4 is 10.1 Å². The molecule has 2 aromatic rings. The van der Waals surface area contributed by atoms with Crippen molar-refractivity contribution >= 4 is 17.3 Å². The average molecular weight is 340 g/mol. The van der Waals surface area contributed by atoms with Crippen LogP contribution >= 0.6 is 11.6 Å². The highest BCUT2D eigenvalue weighted by Crippen LogP contribution is 2.25. The molecular weight excluding hydrogens is 327 g/mol. The van der Waals surface area contributed by atoms with Gasteiger partial charge in [-0.2, -0.15) is 13.2 Å². The van der Waals surface area contributed by atoms with E-state index in [2.05, 4.69) is 17.2 Å². The first-order valence-corrected chi connectivity index (χ1v) is 7.01. The maximum atomic E-state index is 13.1. The molecule has 0 radical (unpaired) electrons. The Bertz CT molecular complexity index is 717. The third-order valence-electron chi connectivity index (χ3n) is 2.95. The van der Waals surface area contributed by atoms with Crippen LogP contribution in [0.5, 0.6) is 5.75 Å². The molecule has 2 rings (SSSR count). The highest BCUT2D eigenvalue weighted by atomic mass is 35.5. The highest BCUT2D eigenvalue weighted by Gasteiger charge is 2.38. The summed E-state index contributed by atoms with van der Waals surface area (Å²) in [5.41, 5.74) is 0.640. The number of hydrogen-bond donors (Lipinski definition) is 1. The summed E-state index contributed by atoms with van der Waals surface area (Å²) in [4.78, 5) is 0. The normalized spacial score (nSPS) is 12.0. The van der Waals surface area contributed by atoms with Gasteiger partial charge in [0.05, 0.1) is 12.1 Å². The van der Waals surface area contributed by atoms with Crippen LogP contribution in [0.3, 0.4) is 0 Å². The lowest BCUT2D eigenvalue weighted by Gasteiger charge is -2.17. The van der Waals surface area contributed by atoms with Crippen LogP contribution in [0.2, 0.25) is 5.02 Å². The summed E-state index contributed by atoms with van der Waals surface area (Å²) < 4.78 is 44.4. The zero-order valence-electron chi connectivity index (χ0n) is 12.1. The van der Waals surface area contributed by atoms with Gasteiger partial charge in [0.25, 0.3) is 0 Å². The first kappa shape index (κ1) is 17.0. The number of ether oxygens (including phenoxy) is 1. The van der Waals surface area contributed by atoms with Crippen molar-refractivity contribution in [2.45, 2.75) is 12.2 Å². The Hall–Kier alpha value is -2.32. The van der Waals surface area contributed by atoms with Crippen LogP contribution in [0.15, 0.2) is 48.5 Å². The zero-order chi connectivity index (χ0) is 16.9. The van der Waals surface area contributed by atoms with Crippen LogP contribution in [0, 0.1) is 11.8 Å². The fourth-order valence-electron chi connectivity index (χ4n) is 1.77. The van der Waals surface area contributed by atoms with E-state index >= 15 is 0 Å². The lowest BCUT2D eigenvalue weighted by molar-refractivity contribution is -0.130. The molecule has 0 spiro atoms. The van der Waals surface area contributed by atoms with Crippen molar-refractivity contribution < 1.29 is 17.9 Å². The number of halogens is 4. The van der Waals surface area contributed by atoms with E-state index in [1.807, 2.05) is 0 Å². The molecule has 0 unspecified atom stereocenters. The van der Waals surface area contributed by atoms with Crippen LogP contribution in [0.4, 0.5) is 18.9 Å². The van der Waals surface area contributed by atoms with Crippen molar-refractivity contribution in [3.05, 3.63) is 59.1 Å². The second kappa shape index (κ2) is 7.30. The van der Waals surface area contributed by atoms with E-state index in [4.69, 9.17) is 16.3 Å². The number of nitrogens with one attached hydrogen (secondary N) is 1. The van der Waals surface area contributed by atoms with Crippen LogP contribution in [0.25, 0.3) is 0 Å². The van der Waals surface area contributed by atoms with E-state index in [0.29, 0.717) is 22.0 Å². The number of rotatable bonds is 3. The van der Waals surface area contributed by atoms with Crippen molar-refractivity contribution in [1.29, 1.82) is 0 Å². The van der Waals surface area contributed by atoms with E-state index in [9.17, 15) is 13.2 Å². The Kier molecular flexibility index (Phi) is 5.41. The Balaban J connectivity index is 2.23.